The monoisotopic (exact) mass is 357 g/mol. The Labute approximate surface area is 147 Å². The number of fused-ring (bicyclic) bond motifs is 2. The lowest BCUT2D eigenvalue weighted by Gasteiger charge is -2.19. The van der Waals surface area contributed by atoms with Crippen LogP contribution in [0.5, 0.6) is 0 Å². The molecule has 1 aromatic heterocycles. The summed E-state index contributed by atoms with van der Waals surface area (Å²) < 4.78 is 0. The number of aromatic nitrogens is 1. The van der Waals surface area contributed by atoms with Crippen LogP contribution in [0, 0.1) is 0 Å². The number of nitrogens with two attached hydrogens (primary N) is 1. The molecule has 116 valence electrons. The first-order valence-corrected chi connectivity index (χ1v) is 9.76. The Kier molecular flexibility index (Phi) is 4.20. The highest BCUT2D eigenvalue weighted by atomic mass is 32.2. The fraction of sp³-hybridized carbons (Fsp3) is 0.118. The van der Waals surface area contributed by atoms with Crippen molar-refractivity contribution in [3.8, 4) is 0 Å². The van der Waals surface area contributed by atoms with Crippen LogP contribution in [0.1, 0.15) is 4.88 Å². The topological polar surface area (TPSA) is 50.9 Å². The van der Waals surface area contributed by atoms with Gasteiger partial charge < -0.3 is 11.1 Å². The zero-order valence-electron chi connectivity index (χ0n) is 12.3. The molecule has 4 rings (SSSR count). The van der Waals surface area contributed by atoms with Crippen LogP contribution in [0.15, 0.2) is 68.2 Å². The number of hydrogen-bond acceptors (Lipinski definition) is 6. The van der Waals surface area contributed by atoms with Gasteiger partial charge in [-0.3, -0.25) is 0 Å². The molecular weight excluding hydrogens is 342 g/mol. The van der Waals surface area contributed by atoms with E-state index in [1.165, 1.54) is 24.5 Å². The fourth-order valence-corrected chi connectivity index (χ4v) is 5.34. The third kappa shape index (κ3) is 3.34. The molecule has 0 atom stereocenters. The predicted molar refractivity (Wildman–Crippen MR) is 99.9 cm³/mol. The second kappa shape index (κ2) is 6.47. The molecule has 2 heterocycles. The second-order valence-electron chi connectivity index (χ2n) is 5.15. The summed E-state index contributed by atoms with van der Waals surface area (Å²) in [7, 11) is 0. The van der Waals surface area contributed by atoms with E-state index in [0.717, 1.165) is 18.7 Å². The van der Waals surface area contributed by atoms with Crippen molar-refractivity contribution in [1.29, 1.82) is 0 Å². The van der Waals surface area contributed by atoms with E-state index in [1.807, 2.05) is 29.7 Å². The molecule has 0 radical (unpaired) electrons. The van der Waals surface area contributed by atoms with Gasteiger partial charge in [-0.15, -0.1) is 11.3 Å². The van der Waals surface area contributed by atoms with E-state index in [2.05, 4.69) is 52.8 Å². The van der Waals surface area contributed by atoms with Gasteiger partial charge in [0.2, 0.25) is 0 Å². The molecular formula is C17H15N3S3. The van der Waals surface area contributed by atoms with Crippen molar-refractivity contribution in [3.63, 3.8) is 0 Å². The molecule has 0 aliphatic carbocycles. The van der Waals surface area contributed by atoms with Gasteiger partial charge in [-0.2, -0.15) is 0 Å². The second-order valence-corrected chi connectivity index (χ2v) is 8.47. The number of nitrogens with one attached hydrogen (secondary N) is 1. The summed E-state index contributed by atoms with van der Waals surface area (Å²) in [4.78, 5) is 10.6. The molecule has 3 nitrogen and oxygen atoms in total. The lowest BCUT2D eigenvalue weighted by atomic mass is 10.3. The minimum Gasteiger partial charge on any atom is -0.385 e. The summed E-state index contributed by atoms with van der Waals surface area (Å²) in [5.41, 5.74) is 6.82. The van der Waals surface area contributed by atoms with Crippen LogP contribution in [0.3, 0.4) is 0 Å². The van der Waals surface area contributed by atoms with Gasteiger partial charge in [0.25, 0.3) is 0 Å². The van der Waals surface area contributed by atoms with Crippen LogP contribution in [0.4, 0.5) is 10.8 Å². The van der Waals surface area contributed by atoms with E-state index in [9.17, 15) is 0 Å². The minimum absolute atomic E-state index is 0.640. The molecule has 6 heteroatoms. The Hall–Kier alpha value is -1.63. The van der Waals surface area contributed by atoms with Gasteiger partial charge >= 0.3 is 0 Å². The van der Waals surface area contributed by atoms with E-state index in [1.54, 1.807) is 11.3 Å². The number of anilines is 2. The summed E-state index contributed by atoms with van der Waals surface area (Å²) in [6.45, 7) is 0.884. The van der Waals surface area contributed by atoms with Crippen molar-refractivity contribution in [3.05, 3.63) is 53.5 Å². The molecule has 1 aliphatic heterocycles. The van der Waals surface area contributed by atoms with Gasteiger partial charge in [-0.25, -0.2) is 4.98 Å². The molecule has 0 saturated heterocycles. The van der Waals surface area contributed by atoms with Gasteiger partial charge in [-0.1, -0.05) is 35.7 Å². The Morgan fingerprint density at radius 2 is 1.70 bits per heavy atom. The van der Waals surface area contributed by atoms with Crippen molar-refractivity contribution >= 4 is 45.7 Å². The van der Waals surface area contributed by atoms with Crippen LogP contribution >= 0.6 is 34.9 Å². The Balaban J connectivity index is 1.44. The minimum atomic E-state index is 0.640. The van der Waals surface area contributed by atoms with Crippen LogP contribution < -0.4 is 11.1 Å². The van der Waals surface area contributed by atoms with E-state index >= 15 is 0 Å². The molecule has 3 N–H and O–H groups in total. The van der Waals surface area contributed by atoms with Gasteiger partial charge in [0.1, 0.15) is 0 Å². The summed E-state index contributed by atoms with van der Waals surface area (Å²) in [5.74, 6) is 0. The highest BCUT2D eigenvalue weighted by Crippen LogP contribution is 2.48. The largest absolute Gasteiger partial charge is 0.385 e. The third-order valence-electron chi connectivity index (χ3n) is 3.50. The number of rotatable bonds is 4. The maximum absolute atomic E-state index is 5.66. The normalized spacial score (nSPS) is 12.5. The third-order valence-corrected chi connectivity index (χ3v) is 6.93. The molecule has 0 amide bonds. The quantitative estimate of drug-likeness (QED) is 0.538. The Morgan fingerprint density at radius 3 is 2.43 bits per heavy atom. The molecule has 23 heavy (non-hydrogen) atoms. The number of nitrogen functional groups attached to an aromatic ring is 1. The van der Waals surface area contributed by atoms with Crippen molar-refractivity contribution in [1.82, 2.24) is 4.98 Å². The average Bonchev–Trinajstić information content (AvgIpc) is 2.98. The van der Waals surface area contributed by atoms with Crippen LogP contribution in [-0.2, 0) is 6.42 Å². The molecule has 2 aromatic carbocycles. The first-order valence-electron chi connectivity index (χ1n) is 7.31. The van der Waals surface area contributed by atoms with Crippen LogP contribution in [0.2, 0.25) is 0 Å². The zero-order chi connectivity index (χ0) is 15.6. The van der Waals surface area contributed by atoms with E-state index in [-0.39, 0.29) is 0 Å². The van der Waals surface area contributed by atoms with Crippen LogP contribution in [-0.4, -0.2) is 11.5 Å². The standard InChI is InChI=1S/C17H15N3S3/c18-17-20-10-12(21-17)7-8-19-11-5-6-15-16(9-11)23-14-4-2-1-3-13(14)22-15/h1-6,9-10,19H,7-8H2,(H2,18,20). The molecule has 0 saturated carbocycles. The van der Waals surface area contributed by atoms with E-state index < -0.39 is 0 Å². The van der Waals surface area contributed by atoms with Crippen molar-refractivity contribution < 1.29 is 0 Å². The Morgan fingerprint density at radius 1 is 0.957 bits per heavy atom. The summed E-state index contributed by atoms with van der Waals surface area (Å²) in [6.07, 6.45) is 2.80. The van der Waals surface area contributed by atoms with Crippen LogP contribution in [0.25, 0.3) is 0 Å². The maximum Gasteiger partial charge on any atom is 0.180 e. The Bertz CT molecular complexity index is 845. The van der Waals surface area contributed by atoms with Gasteiger partial charge in [0.15, 0.2) is 5.13 Å². The summed E-state index contributed by atoms with van der Waals surface area (Å²) >= 11 is 5.25. The smallest absolute Gasteiger partial charge is 0.180 e. The maximum atomic E-state index is 5.66. The van der Waals surface area contributed by atoms with Gasteiger partial charge in [0.05, 0.1) is 0 Å². The van der Waals surface area contributed by atoms with Crippen molar-refractivity contribution in [2.45, 2.75) is 26.0 Å². The van der Waals surface area contributed by atoms with Gasteiger partial charge in [-0.05, 0) is 30.3 Å². The molecule has 0 bridgehead atoms. The molecule has 3 aromatic rings. The first kappa shape index (κ1) is 14.9. The molecule has 1 aliphatic rings. The lowest BCUT2D eigenvalue weighted by Crippen LogP contribution is -2.04. The first-order chi connectivity index (χ1) is 11.3. The number of benzene rings is 2. The van der Waals surface area contributed by atoms with E-state index in [0.29, 0.717) is 5.13 Å². The number of nitrogens with zero attached hydrogens (tertiary/aromatic N) is 1. The fourth-order valence-electron chi connectivity index (χ4n) is 2.41. The SMILES string of the molecule is Nc1ncc(CCNc2ccc3c(c2)Sc2ccccc2S3)s1. The number of hydrogen-bond donors (Lipinski definition) is 2. The lowest BCUT2D eigenvalue weighted by molar-refractivity contribution is 1.03. The van der Waals surface area contributed by atoms with Crippen molar-refractivity contribution in [2.75, 3.05) is 17.6 Å². The van der Waals surface area contributed by atoms with Gasteiger partial charge in [0, 0.05) is 49.3 Å². The number of thiazole rings is 1. The average molecular weight is 358 g/mol. The molecule has 0 unspecified atom stereocenters. The predicted octanol–water partition coefficient (Wildman–Crippen LogP) is 5.00. The highest BCUT2D eigenvalue weighted by molar-refractivity contribution is 8.05. The summed E-state index contributed by atoms with van der Waals surface area (Å²) in [6, 6.07) is 15.2. The zero-order valence-corrected chi connectivity index (χ0v) is 14.7. The summed E-state index contributed by atoms with van der Waals surface area (Å²) in [5, 5.41) is 4.13. The highest BCUT2D eigenvalue weighted by Gasteiger charge is 2.16. The molecule has 0 fully saturated rings. The van der Waals surface area contributed by atoms with Crippen molar-refractivity contribution in [2.24, 2.45) is 0 Å². The van der Waals surface area contributed by atoms with E-state index in [4.69, 9.17) is 5.73 Å². The molecule has 0 spiro atoms.